The first-order valence-corrected chi connectivity index (χ1v) is 13.3. The van der Waals surface area contributed by atoms with Gasteiger partial charge in [0.25, 0.3) is 0 Å². The maximum Gasteiger partial charge on any atom is 0.348 e. The number of hydrogen-bond acceptors (Lipinski definition) is 5. The lowest BCUT2D eigenvalue weighted by atomic mass is 9.96. The van der Waals surface area contributed by atoms with Crippen molar-refractivity contribution in [3.05, 3.63) is 138 Å². The van der Waals surface area contributed by atoms with E-state index >= 15 is 0 Å². The number of ether oxygens (including phenoxy) is 3. The number of methoxy groups -OCH3 is 1. The topological polar surface area (TPSA) is 61.8 Å². The summed E-state index contributed by atoms with van der Waals surface area (Å²) in [4.78, 5) is 27.3. The predicted molar refractivity (Wildman–Crippen MR) is 154 cm³/mol. The van der Waals surface area contributed by atoms with Crippen LogP contribution < -0.4 is 4.74 Å². The van der Waals surface area contributed by atoms with Gasteiger partial charge < -0.3 is 14.2 Å². The Balaban J connectivity index is 1.30. The molecule has 5 nitrogen and oxygen atoms in total. The minimum Gasteiger partial charge on any atom is -0.497 e. The molecule has 6 rings (SSSR count). The molecule has 5 aromatic rings. The van der Waals surface area contributed by atoms with Gasteiger partial charge in [-0.3, -0.25) is 4.79 Å². The second-order valence-corrected chi connectivity index (χ2v) is 9.88. The summed E-state index contributed by atoms with van der Waals surface area (Å²) in [6, 6.07) is 36.9. The summed E-state index contributed by atoms with van der Waals surface area (Å²) < 4.78 is 17.1. The van der Waals surface area contributed by atoms with Crippen LogP contribution in [0.15, 0.2) is 115 Å². The van der Waals surface area contributed by atoms with Crippen molar-refractivity contribution in [1.82, 2.24) is 0 Å². The van der Waals surface area contributed by atoms with Crippen LogP contribution in [-0.4, -0.2) is 25.2 Å². The van der Waals surface area contributed by atoms with Gasteiger partial charge in [0.05, 0.1) is 7.11 Å². The molecule has 40 heavy (non-hydrogen) atoms. The molecule has 0 N–H and O–H groups in total. The number of fused-ring (bicyclic) bond motifs is 4. The van der Waals surface area contributed by atoms with Gasteiger partial charge in [0.2, 0.25) is 6.10 Å². The molecule has 0 spiro atoms. The molecule has 0 amide bonds. The molecule has 5 aromatic carbocycles. The summed E-state index contributed by atoms with van der Waals surface area (Å²) in [5, 5.41) is 2.15. The summed E-state index contributed by atoms with van der Waals surface area (Å²) in [7, 11) is 1.60. The van der Waals surface area contributed by atoms with E-state index in [0.29, 0.717) is 5.75 Å². The van der Waals surface area contributed by atoms with Crippen molar-refractivity contribution in [2.24, 2.45) is 0 Å². The number of benzene rings is 5. The van der Waals surface area contributed by atoms with Crippen LogP contribution in [0.1, 0.15) is 28.2 Å². The van der Waals surface area contributed by atoms with Crippen molar-refractivity contribution < 1.29 is 23.8 Å². The van der Waals surface area contributed by atoms with Crippen molar-refractivity contribution in [3.8, 4) is 16.9 Å². The highest BCUT2D eigenvalue weighted by atomic mass is 16.6. The van der Waals surface area contributed by atoms with Gasteiger partial charge in [0.1, 0.15) is 18.3 Å². The third-order valence-electron chi connectivity index (χ3n) is 7.35. The van der Waals surface area contributed by atoms with Crippen LogP contribution in [-0.2, 0) is 32.1 Å². The first kappa shape index (κ1) is 25.4. The molecule has 1 unspecified atom stereocenters. The highest BCUT2D eigenvalue weighted by Crippen LogP contribution is 2.46. The fourth-order valence-electron chi connectivity index (χ4n) is 5.35. The Morgan fingerprint density at radius 2 is 1.43 bits per heavy atom. The summed E-state index contributed by atoms with van der Waals surface area (Å²) in [6.45, 7) is 0.0950. The monoisotopic (exact) mass is 528 g/mol. The van der Waals surface area contributed by atoms with Gasteiger partial charge in [0.15, 0.2) is 0 Å². The molecule has 198 valence electrons. The summed E-state index contributed by atoms with van der Waals surface area (Å²) >= 11 is 0. The lowest BCUT2D eigenvalue weighted by molar-refractivity contribution is -0.169. The largest absolute Gasteiger partial charge is 0.497 e. The minimum atomic E-state index is -1.11. The molecule has 0 radical (unpaired) electrons. The average Bonchev–Trinajstić information content (AvgIpc) is 3.33. The molecule has 0 heterocycles. The first-order chi connectivity index (χ1) is 19.6. The zero-order valence-corrected chi connectivity index (χ0v) is 22.1. The molecule has 0 aromatic heterocycles. The zero-order chi connectivity index (χ0) is 27.5. The van der Waals surface area contributed by atoms with Crippen molar-refractivity contribution in [2.75, 3.05) is 7.11 Å². The highest BCUT2D eigenvalue weighted by Gasteiger charge is 2.38. The quantitative estimate of drug-likeness (QED) is 0.206. The summed E-state index contributed by atoms with van der Waals surface area (Å²) in [6.07, 6.45) is -0.914. The molecule has 0 saturated heterocycles. The molecule has 0 aliphatic heterocycles. The molecule has 0 fully saturated rings. The van der Waals surface area contributed by atoms with Gasteiger partial charge in [-0.05, 0) is 56.3 Å². The van der Waals surface area contributed by atoms with Crippen LogP contribution in [0, 0.1) is 0 Å². The van der Waals surface area contributed by atoms with E-state index in [0.717, 1.165) is 44.2 Å². The van der Waals surface area contributed by atoms with Crippen LogP contribution >= 0.6 is 0 Å². The molecule has 5 heteroatoms. The van der Waals surface area contributed by atoms with Crippen LogP contribution in [0.2, 0.25) is 0 Å². The number of carbonyl (C=O) groups is 2. The van der Waals surface area contributed by atoms with E-state index in [9.17, 15) is 9.59 Å². The van der Waals surface area contributed by atoms with Crippen molar-refractivity contribution >= 4 is 22.7 Å². The Labute approximate surface area is 232 Å². The Morgan fingerprint density at radius 3 is 2.25 bits per heavy atom. The Kier molecular flexibility index (Phi) is 7.02. The molecular formula is C35H28O5. The van der Waals surface area contributed by atoms with Crippen molar-refractivity contribution in [1.29, 1.82) is 0 Å². The van der Waals surface area contributed by atoms with Crippen LogP contribution in [0.3, 0.4) is 0 Å². The summed E-state index contributed by atoms with van der Waals surface area (Å²) in [5.74, 6) is -1.11. The Morgan fingerprint density at radius 1 is 0.700 bits per heavy atom. The van der Waals surface area contributed by atoms with E-state index in [4.69, 9.17) is 14.2 Å². The maximum absolute atomic E-state index is 13.9. The number of hydrogen-bond donors (Lipinski definition) is 0. The smallest absolute Gasteiger partial charge is 0.348 e. The third-order valence-corrected chi connectivity index (χ3v) is 7.35. The van der Waals surface area contributed by atoms with E-state index in [1.807, 2.05) is 115 Å². The Bertz CT molecular complexity index is 1690. The second kappa shape index (κ2) is 11.1. The molecular weight excluding hydrogens is 500 g/mol. The van der Waals surface area contributed by atoms with E-state index < -0.39 is 24.0 Å². The number of esters is 2. The van der Waals surface area contributed by atoms with Gasteiger partial charge in [-0.1, -0.05) is 103 Å². The van der Waals surface area contributed by atoms with Gasteiger partial charge in [-0.25, -0.2) is 4.79 Å². The van der Waals surface area contributed by atoms with E-state index in [1.54, 1.807) is 7.11 Å². The number of rotatable bonds is 8. The fourth-order valence-corrected chi connectivity index (χ4v) is 5.35. The lowest BCUT2D eigenvalue weighted by Crippen LogP contribution is -2.33. The minimum absolute atomic E-state index is 0.0950. The van der Waals surface area contributed by atoms with Crippen LogP contribution in [0.4, 0.5) is 0 Å². The molecule has 0 bridgehead atoms. The van der Waals surface area contributed by atoms with Gasteiger partial charge in [-0.2, -0.15) is 0 Å². The van der Waals surface area contributed by atoms with Crippen LogP contribution in [0.25, 0.3) is 21.9 Å². The molecule has 2 atom stereocenters. The molecule has 1 aliphatic carbocycles. The SMILES string of the molecule is COc1ccc2c(c1)C(C(=O)O[C@H](Cc1ccc3ccccc3c1)C(=O)OCc1ccccc1)c1ccccc1-2. The van der Waals surface area contributed by atoms with E-state index in [1.165, 1.54) is 0 Å². The third kappa shape index (κ3) is 5.06. The average molecular weight is 529 g/mol. The van der Waals surface area contributed by atoms with Crippen LogP contribution in [0.5, 0.6) is 5.75 Å². The zero-order valence-electron chi connectivity index (χ0n) is 22.1. The van der Waals surface area contributed by atoms with E-state index in [-0.39, 0.29) is 13.0 Å². The fraction of sp³-hybridized carbons (Fsp3) is 0.143. The first-order valence-electron chi connectivity index (χ1n) is 13.3. The highest BCUT2D eigenvalue weighted by molar-refractivity contribution is 5.95. The normalized spacial score (nSPS) is 14.2. The summed E-state index contributed by atoms with van der Waals surface area (Å²) in [5.41, 5.74) is 5.31. The Hall–Kier alpha value is -4.90. The van der Waals surface area contributed by atoms with Crippen molar-refractivity contribution in [2.45, 2.75) is 25.0 Å². The van der Waals surface area contributed by atoms with Gasteiger partial charge >= 0.3 is 11.9 Å². The van der Waals surface area contributed by atoms with E-state index in [2.05, 4.69) is 0 Å². The van der Waals surface area contributed by atoms with Gasteiger partial charge in [0, 0.05) is 6.42 Å². The second-order valence-electron chi connectivity index (χ2n) is 9.88. The van der Waals surface area contributed by atoms with Gasteiger partial charge in [-0.15, -0.1) is 0 Å². The predicted octanol–water partition coefficient (Wildman–Crippen LogP) is 6.86. The molecule has 0 saturated carbocycles. The standard InChI is InChI=1S/C35H28O5/c1-38-27-17-18-29-28-13-7-8-14-30(28)33(31(29)21-27)35(37)40-32(34(36)39-22-23-9-3-2-4-10-23)20-24-15-16-25-11-5-6-12-26(25)19-24/h2-19,21,32-33H,20,22H2,1H3/t32-,33?/m1/s1. The maximum atomic E-state index is 13.9. The van der Waals surface area contributed by atoms with Crippen molar-refractivity contribution in [3.63, 3.8) is 0 Å². The lowest BCUT2D eigenvalue weighted by Gasteiger charge is -2.21. The number of carbonyl (C=O) groups excluding carboxylic acids is 2. The molecule has 1 aliphatic rings.